The molecule has 35 heavy (non-hydrogen) atoms. The summed E-state index contributed by atoms with van der Waals surface area (Å²) in [5.41, 5.74) is 1.02. The van der Waals surface area contributed by atoms with Gasteiger partial charge in [-0.15, -0.1) is 0 Å². The summed E-state index contributed by atoms with van der Waals surface area (Å²) < 4.78 is 18.7. The van der Waals surface area contributed by atoms with Gasteiger partial charge in [0.15, 0.2) is 11.7 Å². The average molecular weight is 510 g/mol. The van der Waals surface area contributed by atoms with Crippen molar-refractivity contribution >= 4 is 64.1 Å². The Bertz CT molecular complexity index is 1350. The Morgan fingerprint density at radius 1 is 1.09 bits per heavy atom. The van der Waals surface area contributed by atoms with Crippen molar-refractivity contribution in [3.8, 4) is 5.75 Å². The van der Waals surface area contributed by atoms with Crippen LogP contribution >= 0.6 is 23.8 Å². The fourth-order valence-electron chi connectivity index (χ4n) is 3.26. The van der Waals surface area contributed by atoms with Crippen molar-refractivity contribution in [2.45, 2.75) is 0 Å². The number of halogens is 2. The van der Waals surface area contributed by atoms with Crippen molar-refractivity contribution in [1.29, 1.82) is 0 Å². The summed E-state index contributed by atoms with van der Waals surface area (Å²) in [6.07, 6.45) is 1.33. The number of para-hydroxylation sites is 1. The highest BCUT2D eigenvalue weighted by Gasteiger charge is 2.34. The van der Waals surface area contributed by atoms with Crippen LogP contribution in [0.25, 0.3) is 6.08 Å². The van der Waals surface area contributed by atoms with Gasteiger partial charge in [0.2, 0.25) is 0 Å². The molecule has 3 aromatic carbocycles. The first-order valence-corrected chi connectivity index (χ1v) is 11.0. The maximum Gasteiger partial charge on any atom is 0.270 e. The topological polar surface area (TPSA) is 87.7 Å². The third kappa shape index (κ3) is 5.71. The molecule has 3 amide bonds. The van der Waals surface area contributed by atoms with E-state index >= 15 is 0 Å². The lowest BCUT2D eigenvalue weighted by molar-refractivity contribution is -0.122. The van der Waals surface area contributed by atoms with E-state index < -0.39 is 23.5 Å². The molecule has 0 saturated carbocycles. The highest BCUT2D eigenvalue weighted by atomic mass is 35.5. The van der Waals surface area contributed by atoms with Crippen molar-refractivity contribution in [1.82, 2.24) is 5.32 Å². The van der Waals surface area contributed by atoms with Gasteiger partial charge in [-0.2, -0.15) is 0 Å². The van der Waals surface area contributed by atoms with E-state index in [0.717, 1.165) is 0 Å². The molecular formula is C25H17ClFN3O4S. The molecule has 3 aromatic rings. The zero-order valence-electron chi connectivity index (χ0n) is 18.0. The molecule has 0 bridgehead atoms. The number of hydrogen-bond donors (Lipinski definition) is 2. The minimum absolute atomic E-state index is 0.0385. The second-order valence-corrected chi connectivity index (χ2v) is 8.14. The molecule has 7 nitrogen and oxygen atoms in total. The molecule has 0 radical (unpaired) electrons. The van der Waals surface area contributed by atoms with E-state index in [0.29, 0.717) is 22.0 Å². The minimum atomic E-state index is -0.674. The first-order chi connectivity index (χ1) is 16.8. The van der Waals surface area contributed by atoms with Crippen LogP contribution in [0.2, 0.25) is 5.02 Å². The summed E-state index contributed by atoms with van der Waals surface area (Å²) in [5, 5.41) is 5.39. The van der Waals surface area contributed by atoms with E-state index in [1.807, 2.05) is 0 Å². The largest absolute Gasteiger partial charge is 0.483 e. The Kier molecular flexibility index (Phi) is 7.19. The molecule has 176 valence electrons. The molecule has 1 saturated heterocycles. The predicted octanol–water partition coefficient (Wildman–Crippen LogP) is 4.33. The summed E-state index contributed by atoms with van der Waals surface area (Å²) in [6.45, 7) is -0.379. The number of hydrogen-bond acceptors (Lipinski definition) is 5. The molecule has 1 heterocycles. The standard InChI is InChI=1S/C25H17ClFN3O4S/c26-16-6-11-21(34-14-22(31)28-18-9-7-17(27)8-10-18)15(12-16)13-20-23(32)29-25(35)30(24(20)33)19-4-2-1-3-5-19/h1-13H,14H2,(H,28,31)(H,29,32,35)/b20-13-. The van der Waals surface area contributed by atoms with E-state index in [2.05, 4.69) is 10.6 Å². The first kappa shape index (κ1) is 24.1. The van der Waals surface area contributed by atoms with Crippen molar-refractivity contribution in [3.05, 3.63) is 94.8 Å². The number of ether oxygens (including phenoxy) is 1. The lowest BCUT2D eigenvalue weighted by atomic mass is 10.1. The van der Waals surface area contributed by atoms with Gasteiger partial charge in [0.05, 0.1) is 5.69 Å². The monoisotopic (exact) mass is 509 g/mol. The van der Waals surface area contributed by atoms with Crippen LogP contribution in [0.1, 0.15) is 5.56 Å². The van der Waals surface area contributed by atoms with Gasteiger partial charge in [-0.3, -0.25) is 24.6 Å². The Morgan fingerprint density at radius 2 is 1.80 bits per heavy atom. The van der Waals surface area contributed by atoms with Gasteiger partial charge in [-0.25, -0.2) is 4.39 Å². The predicted molar refractivity (Wildman–Crippen MR) is 135 cm³/mol. The highest BCUT2D eigenvalue weighted by Crippen LogP contribution is 2.28. The maximum absolute atomic E-state index is 13.2. The fourth-order valence-corrected chi connectivity index (χ4v) is 3.72. The Hall–Kier alpha value is -4.08. The zero-order chi connectivity index (χ0) is 24.9. The number of carbonyl (C=O) groups excluding carboxylic acids is 3. The maximum atomic E-state index is 13.2. The Labute approximate surface area is 210 Å². The molecule has 2 N–H and O–H groups in total. The Balaban J connectivity index is 1.57. The van der Waals surface area contributed by atoms with Gasteiger partial charge in [0, 0.05) is 16.3 Å². The summed E-state index contributed by atoms with van der Waals surface area (Å²) in [4.78, 5) is 39.3. The molecule has 0 aliphatic carbocycles. The second kappa shape index (κ2) is 10.5. The van der Waals surface area contributed by atoms with Crippen LogP contribution in [0.4, 0.5) is 15.8 Å². The summed E-state index contributed by atoms with van der Waals surface area (Å²) >= 11 is 11.3. The van der Waals surface area contributed by atoms with E-state index in [9.17, 15) is 18.8 Å². The zero-order valence-corrected chi connectivity index (χ0v) is 19.5. The fraction of sp³-hybridized carbons (Fsp3) is 0.0400. The molecule has 1 aliphatic rings. The number of amides is 3. The van der Waals surface area contributed by atoms with Crippen molar-refractivity contribution in [2.75, 3.05) is 16.8 Å². The van der Waals surface area contributed by atoms with Crippen LogP contribution in [0.15, 0.2) is 78.4 Å². The number of nitrogens with one attached hydrogen (secondary N) is 2. The molecule has 0 aromatic heterocycles. The molecule has 1 aliphatic heterocycles. The third-order valence-corrected chi connectivity index (χ3v) is 5.39. The van der Waals surface area contributed by atoms with Crippen LogP contribution in [-0.4, -0.2) is 29.4 Å². The number of carbonyl (C=O) groups is 3. The van der Waals surface area contributed by atoms with Gasteiger partial charge in [-0.1, -0.05) is 29.8 Å². The van der Waals surface area contributed by atoms with Crippen molar-refractivity contribution in [3.63, 3.8) is 0 Å². The van der Waals surface area contributed by atoms with Gasteiger partial charge in [0.1, 0.15) is 17.1 Å². The number of benzene rings is 3. The van der Waals surface area contributed by atoms with Crippen LogP contribution in [0.5, 0.6) is 5.75 Å². The molecule has 0 spiro atoms. The van der Waals surface area contributed by atoms with Crippen LogP contribution in [0.3, 0.4) is 0 Å². The molecule has 10 heteroatoms. The highest BCUT2D eigenvalue weighted by molar-refractivity contribution is 7.80. The third-order valence-electron chi connectivity index (χ3n) is 4.87. The average Bonchev–Trinajstić information content (AvgIpc) is 2.83. The molecule has 0 atom stereocenters. The quantitative estimate of drug-likeness (QED) is 0.293. The molecule has 1 fully saturated rings. The number of thiocarbonyl (C=S) groups is 1. The second-order valence-electron chi connectivity index (χ2n) is 7.32. The van der Waals surface area contributed by atoms with E-state index in [1.165, 1.54) is 47.4 Å². The first-order valence-electron chi connectivity index (χ1n) is 10.3. The normalized spacial score (nSPS) is 14.6. The van der Waals surface area contributed by atoms with Crippen LogP contribution in [-0.2, 0) is 14.4 Å². The Morgan fingerprint density at radius 3 is 2.51 bits per heavy atom. The smallest absolute Gasteiger partial charge is 0.270 e. The van der Waals surface area contributed by atoms with E-state index in [1.54, 1.807) is 36.4 Å². The molecule has 4 rings (SSSR count). The van der Waals surface area contributed by atoms with Crippen molar-refractivity contribution < 1.29 is 23.5 Å². The summed E-state index contributed by atoms with van der Waals surface area (Å²) in [7, 11) is 0. The van der Waals surface area contributed by atoms with E-state index in [-0.39, 0.29) is 23.0 Å². The number of anilines is 2. The van der Waals surface area contributed by atoms with Crippen LogP contribution < -0.4 is 20.3 Å². The number of nitrogens with zero attached hydrogens (tertiary/aromatic N) is 1. The number of rotatable bonds is 6. The summed E-state index contributed by atoms with van der Waals surface area (Å²) in [6, 6.07) is 18.5. The molecule has 0 unspecified atom stereocenters. The van der Waals surface area contributed by atoms with Gasteiger partial charge < -0.3 is 10.1 Å². The van der Waals surface area contributed by atoms with Crippen LogP contribution in [0, 0.1) is 5.82 Å². The lowest BCUT2D eigenvalue weighted by Crippen LogP contribution is -2.54. The van der Waals surface area contributed by atoms with E-state index in [4.69, 9.17) is 28.6 Å². The lowest BCUT2D eigenvalue weighted by Gasteiger charge is -2.29. The van der Waals surface area contributed by atoms with Crippen molar-refractivity contribution in [2.24, 2.45) is 0 Å². The SMILES string of the molecule is O=C(COc1ccc(Cl)cc1/C=C1/C(=O)NC(=S)N(c2ccccc2)C1=O)Nc1ccc(F)cc1. The van der Waals surface area contributed by atoms with Gasteiger partial charge >= 0.3 is 0 Å². The minimum Gasteiger partial charge on any atom is -0.483 e. The van der Waals surface area contributed by atoms with Gasteiger partial charge in [0.25, 0.3) is 17.7 Å². The van der Waals surface area contributed by atoms with Gasteiger partial charge in [-0.05, 0) is 72.9 Å². The summed E-state index contributed by atoms with van der Waals surface area (Å²) in [5.74, 6) is -1.99. The molecular weight excluding hydrogens is 493 g/mol.